The Kier molecular flexibility index (Phi) is 6.07. The van der Waals surface area contributed by atoms with Crippen molar-refractivity contribution >= 4 is 61.8 Å². The van der Waals surface area contributed by atoms with E-state index in [-0.39, 0.29) is 21.7 Å². The smallest absolute Gasteiger partial charge is 0.338 e. The van der Waals surface area contributed by atoms with E-state index < -0.39 is 11.9 Å². The number of thiazole rings is 1. The average Bonchev–Trinajstić information content (AvgIpc) is 3.02. The first-order valence-corrected chi connectivity index (χ1v) is 9.81. The van der Waals surface area contributed by atoms with Gasteiger partial charge in [0, 0.05) is 5.56 Å². The molecule has 0 radical (unpaired) electrons. The highest BCUT2D eigenvalue weighted by Gasteiger charge is 2.16. The third kappa shape index (κ3) is 4.38. The normalized spacial score (nSPS) is 10.9. The van der Waals surface area contributed by atoms with Gasteiger partial charge in [-0.15, -0.1) is 0 Å². The molecule has 0 aliphatic rings. The van der Waals surface area contributed by atoms with Gasteiger partial charge in [0.2, 0.25) is 0 Å². The number of methoxy groups -OCH3 is 1. The number of amides is 1. The molecule has 0 aliphatic heterocycles. The monoisotopic (exact) mass is 438 g/mol. The summed E-state index contributed by atoms with van der Waals surface area (Å²) in [7, 11) is 1.44. The lowest BCUT2D eigenvalue weighted by Crippen LogP contribution is -2.11. The molecular weight excluding hydrogens is 423 g/mol. The van der Waals surface area contributed by atoms with E-state index in [2.05, 4.69) is 10.3 Å². The second-order valence-corrected chi connectivity index (χ2v) is 7.93. The number of aromatic nitrogens is 1. The molecule has 0 spiro atoms. The second-order valence-electron chi connectivity index (χ2n) is 6.08. The first-order chi connectivity index (χ1) is 13.3. The summed E-state index contributed by atoms with van der Waals surface area (Å²) in [6.07, 6.45) is -0.206. The summed E-state index contributed by atoms with van der Waals surface area (Å²) in [5.41, 5.74) is 1.36. The lowest BCUT2D eigenvalue weighted by Gasteiger charge is -2.08. The minimum absolute atomic E-state index is 0.206. The van der Waals surface area contributed by atoms with E-state index in [1.165, 1.54) is 30.6 Å². The van der Waals surface area contributed by atoms with Crippen molar-refractivity contribution in [3.8, 4) is 5.75 Å². The highest BCUT2D eigenvalue weighted by Crippen LogP contribution is 2.34. The van der Waals surface area contributed by atoms with Crippen molar-refractivity contribution in [3.05, 3.63) is 51.5 Å². The third-order valence-electron chi connectivity index (χ3n) is 3.65. The molecule has 1 N–H and O–H groups in total. The second kappa shape index (κ2) is 8.34. The molecule has 0 saturated carbocycles. The van der Waals surface area contributed by atoms with E-state index >= 15 is 0 Å². The number of benzene rings is 2. The Morgan fingerprint density at radius 3 is 2.39 bits per heavy atom. The molecule has 28 heavy (non-hydrogen) atoms. The number of fused-ring (bicyclic) bond motifs is 1. The van der Waals surface area contributed by atoms with Crippen LogP contribution in [0.2, 0.25) is 10.0 Å². The molecule has 0 bridgehead atoms. The van der Waals surface area contributed by atoms with E-state index in [0.717, 1.165) is 4.70 Å². The maximum absolute atomic E-state index is 12.5. The quantitative estimate of drug-likeness (QED) is 0.537. The van der Waals surface area contributed by atoms with Crippen molar-refractivity contribution in [2.24, 2.45) is 0 Å². The zero-order chi connectivity index (χ0) is 20.4. The number of hydrogen-bond donors (Lipinski definition) is 1. The molecule has 1 aromatic heterocycles. The number of carbonyl (C=O) groups excluding carboxylic acids is 2. The van der Waals surface area contributed by atoms with Crippen LogP contribution in [0.5, 0.6) is 5.75 Å². The van der Waals surface area contributed by atoms with Crippen LogP contribution in [0.1, 0.15) is 34.6 Å². The minimum atomic E-state index is -0.412. The maximum Gasteiger partial charge on any atom is 0.338 e. The van der Waals surface area contributed by atoms with Crippen molar-refractivity contribution in [3.63, 3.8) is 0 Å². The number of carbonyl (C=O) groups is 2. The van der Waals surface area contributed by atoms with E-state index in [9.17, 15) is 9.59 Å². The zero-order valence-corrected chi connectivity index (χ0v) is 17.5. The molecule has 1 heterocycles. The molecule has 3 rings (SSSR count). The van der Waals surface area contributed by atoms with Gasteiger partial charge < -0.3 is 9.47 Å². The average molecular weight is 439 g/mol. The van der Waals surface area contributed by atoms with Gasteiger partial charge in [0.15, 0.2) is 10.9 Å². The van der Waals surface area contributed by atoms with Crippen LogP contribution in [0.25, 0.3) is 10.2 Å². The molecule has 0 fully saturated rings. The maximum atomic E-state index is 12.5. The lowest BCUT2D eigenvalue weighted by atomic mass is 10.2. The van der Waals surface area contributed by atoms with Crippen molar-refractivity contribution in [2.45, 2.75) is 20.0 Å². The van der Waals surface area contributed by atoms with Gasteiger partial charge in [-0.3, -0.25) is 10.1 Å². The molecule has 0 unspecified atom stereocenters. The van der Waals surface area contributed by atoms with Crippen LogP contribution >= 0.6 is 34.5 Å². The van der Waals surface area contributed by atoms with Crippen LogP contribution in [0.15, 0.2) is 30.3 Å². The predicted octanol–water partition coefficient (Wildman–Crippen LogP) is 5.43. The van der Waals surface area contributed by atoms with E-state index in [0.29, 0.717) is 22.0 Å². The summed E-state index contributed by atoms with van der Waals surface area (Å²) in [5.74, 6) is -0.510. The van der Waals surface area contributed by atoms with Gasteiger partial charge in [-0.2, -0.15) is 0 Å². The predicted molar refractivity (Wildman–Crippen MR) is 111 cm³/mol. The summed E-state index contributed by atoms with van der Waals surface area (Å²) in [4.78, 5) is 28.9. The lowest BCUT2D eigenvalue weighted by molar-refractivity contribution is 0.0378. The number of nitrogens with zero attached hydrogens (tertiary/aromatic N) is 1. The fourth-order valence-corrected chi connectivity index (χ4v) is 3.98. The number of ether oxygens (including phenoxy) is 2. The first kappa shape index (κ1) is 20.4. The highest BCUT2D eigenvalue weighted by atomic mass is 35.5. The van der Waals surface area contributed by atoms with Gasteiger partial charge in [-0.05, 0) is 44.2 Å². The molecule has 146 valence electrons. The summed E-state index contributed by atoms with van der Waals surface area (Å²) in [6, 6.07) is 7.97. The Hall–Kier alpha value is -2.35. The van der Waals surface area contributed by atoms with Crippen LogP contribution in [-0.4, -0.2) is 30.1 Å². The Bertz CT molecular complexity index is 1040. The molecule has 1 amide bonds. The van der Waals surface area contributed by atoms with E-state index in [1.54, 1.807) is 32.0 Å². The molecule has 9 heteroatoms. The molecule has 2 aromatic carbocycles. The van der Waals surface area contributed by atoms with E-state index in [1.807, 2.05) is 0 Å². The van der Waals surface area contributed by atoms with Crippen LogP contribution in [0.4, 0.5) is 5.13 Å². The van der Waals surface area contributed by atoms with Crippen molar-refractivity contribution in [1.82, 2.24) is 4.98 Å². The van der Waals surface area contributed by atoms with Crippen molar-refractivity contribution in [2.75, 3.05) is 12.4 Å². The number of hydrogen-bond acceptors (Lipinski definition) is 6. The molecule has 3 aromatic rings. The fraction of sp³-hybridized carbons (Fsp3) is 0.211. The van der Waals surface area contributed by atoms with Gasteiger partial charge in [-0.1, -0.05) is 34.5 Å². The molecule has 0 saturated heterocycles. The largest absolute Gasteiger partial charge is 0.494 e. The molecule has 0 aliphatic carbocycles. The Morgan fingerprint density at radius 1 is 1.11 bits per heavy atom. The zero-order valence-electron chi connectivity index (χ0n) is 15.2. The highest BCUT2D eigenvalue weighted by molar-refractivity contribution is 7.22. The Morgan fingerprint density at radius 2 is 1.79 bits per heavy atom. The van der Waals surface area contributed by atoms with Gasteiger partial charge in [0.05, 0.1) is 39.0 Å². The number of esters is 1. The number of anilines is 1. The number of nitrogens with one attached hydrogen (secondary N) is 1. The van der Waals surface area contributed by atoms with Crippen LogP contribution in [0.3, 0.4) is 0 Å². The Labute approximate surface area is 175 Å². The molecule has 0 atom stereocenters. The summed E-state index contributed by atoms with van der Waals surface area (Å²) in [5, 5.41) is 3.57. The summed E-state index contributed by atoms with van der Waals surface area (Å²) in [6.45, 7) is 3.57. The van der Waals surface area contributed by atoms with Gasteiger partial charge in [0.1, 0.15) is 0 Å². The van der Waals surface area contributed by atoms with Gasteiger partial charge in [0.25, 0.3) is 5.91 Å². The van der Waals surface area contributed by atoms with E-state index in [4.69, 9.17) is 32.7 Å². The standard InChI is InChI=1S/C19H16Cl2N2O4S/c1-9(2)27-18(25)10-4-5-14-15(8-10)28-19(22-14)23-17(24)11-6-12(20)16(26-3)13(21)7-11/h4-9H,1-3H3,(H,22,23,24). The van der Waals surface area contributed by atoms with Crippen molar-refractivity contribution in [1.29, 1.82) is 0 Å². The molecule has 6 nitrogen and oxygen atoms in total. The van der Waals surface area contributed by atoms with Crippen LogP contribution < -0.4 is 10.1 Å². The fourth-order valence-electron chi connectivity index (χ4n) is 2.44. The molecular formula is C19H16Cl2N2O4S. The summed E-state index contributed by atoms with van der Waals surface area (Å²) >= 11 is 13.4. The third-order valence-corrected chi connectivity index (χ3v) is 5.15. The number of rotatable bonds is 5. The first-order valence-electron chi connectivity index (χ1n) is 8.24. The van der Waals surface area contributed by atoms with Gasteiger partial charge >= 0.3 is 5.97 Å². The topological polar surface area (TPSA) is 77.5 Å². The van der Waals surface area contributed by atoms with Crippen molar-refractivity contribution < 1.29 is 19.1 Å². The van der Waals surface area contributed by atoms with Crippen LogP contribution in [-0.2, 0) is 4.74 Å². The van der Waals surface area contributed by atoms with Gasteiger partial charge in [-0.25, -0.2) is 9.78 Å². The minimum Gasteiger partial charge on any atom is -0.494 e. The van der Waals surface area contributed by atoms with Crippen LogP contribution in [0, 0.1) is 0 Å². The Balaban J connectivity index is 1.82. The SMILES string of the molecule is COc1c(Cl)cc(C(=O)Nc2nc3ccc(C(=O)OC(C)C)cc3s2)cc1Cl. The summed E-state index contributed by atoms with van der Waals surface area (Å²) < 4.78 is 11.0. The number of halogens is 2.